The fourth-order valence-electron chi connectivity index (χ4n) is 2.28. The van der Waals surface area contributed by atoms with Gasteiger partial charge in [0.15, 0.2) is 6.10 Å². The number of carbonyl (C=O) groups is 1. The van der Waals surface area contributed by atoms with Crippen LogP contribution in [-0.4, -0.2) is 59.3 Å². The van der Waals surface area contributed by atoms with Crippen LogP contribution in [0.4, 0.5) is 17.6 Å². The minimum Gasteiger partial charge on any atom is -0.382 e. The molecule has 1 heterocycles. The summed E-state index contributed by atoms with van der Waals surface area (Å²) in [6.07, 6.45) is -7.16. The molecule has 1 aliphatic rings. The van der Waals surface area contributed by atoms with Gasteiger partial charge in [0, 0.05) is 26.2 Å². The maximum atomic E-state index is 13.1. The molecule has 2 rings (SSSR count). The molecule has 8 heteroatoms. The maximum absolute atomic E-state index is 13.1. The van der Waals surface area contributed by atoms with Crippen molar-refractivity contribution in [2.45, 2.75) is 18.8 Å². The summed E-state index contributed by atoms with van der Waals surface area (Å²) < 4.78 is 50.0. The van der Waals surface area contributed by atoms with Gasteiger partial charge in [-0.1, -0.05) is 12.1 Å². The average molecular weight is 320 g/mol. The van der Waals surface area contributed by atoms with Gasteiger partial charge in [-0.3, -0.25) is 9.69 Å². The lowest BCUT2D eigenvalue weighted by Crippen LogP contribution is -2.53. The van der Waals surface area contributed by atoms with Gasteiger partial charge in [-0.25, -0.2) is 4.39 Å². The van der Waals surface area contributed by atoms with E-state index >= 15 is 0 Å². The Morgan fingerprint density at radius 2 is 2.00 bits per heavy atom. The summed E-state index contributed by atoms with van der Waals surface area (Å²) in [5.41, 5.74) is 0.622. The first kappa shape index (κ1) is 16.7. The normalized spacial score (nSPS) is 18.6. The van der Waals surface area contributed by atoms with Crippen molar-refractivity contribution in [3.63, 3.8) is 0 Å². The molecule has 1 aliphatic heterocycles. The van der Waals surface area contributed by atoms with Gasteiger partial charge < -0.3 is 10.0 Å². The van der Waals surface area contributed by atoms with E-state index in [1.807, 2.05) is 0 Å². The summed E-state index contributed by atoms with van der Waals surface area (Å²) in [5.74, 6) is -0.748. The van der Waals surface area contributed by atoms with Crippen molar-refractivity contribution in [1.82, 2.24) is 9.80 Å². The third kappa shape index (κ3) is 4.41. The highest BCUT2D eigenvalue weighted by molar-refractivity contribution is 5.79. The van der Waals surface area contributed by atoms with Crippen LogP contribution in [0, 0.1) is 5.82 Å². The van der Waals surface area contributed by atoms with E-state index in [9.17, 15) is 22.4 Å². The summed E-state index contributed by atoms with van der Waals surface area (Å²) in [6.45, 7) is -0.133. The van der Waals surface area contributed by atoms with Crippen LogP contribution in [0.1, 0.15) is 5.56 Å². The molecule has 1 N–H and O–H groups in total. The SMILES string of the molecule is O=C1CN(C[C@H](O)C(F)(F)F)CCN1Cc1cccc(F)c1. The van der Waals surface area contributed by atoms with Gasteiger partial charge in [0.2, 0.25) is 5.91 Å². The molecule has 0 aromatic heterocycles. The lowest BCUT2D eigenvalue weighted by molar-refractivity contribution is -0.209. The second-order valence-electron chi connectivity index (χ2n) is 5.24. The fraction of sp³-hybridized carbons (Fsp3) is 0.500. The second-order valence-corrected chi connectivity index (χ2v) is 5.24. The first-order chi connectivity index (χ1) is 10.3. The van der Waals surface area contributed by atoms with E-state index in [1.165, 1.54) is 28.0 Å². The molecule has 0 aliphatic carbocycles. The van der Waals surface area contributed by atoms with Crippen LogP contribution in [-0.2, 0) is 11.3 Å². The zero-order valence-corrected chi connectivity index (χ0v) is 11.7. The Balaban J connectivity index is 1.89. The van der Waals surface area contributed by atoms with Gasteiger partial charge >= 0.3 is 6.18 Å². The van der Waals surface area contributed by atoms with Crippen molar-refractivity contribution in [3.05, 3.63) is 35.6 Å². The standard InChI is InChI=1S/C14H16F4N2O2/c15-11-3-1-2-10(6-11)7-20-5-4-19(9-13(20)22)8-12(21)14(16,17)18/h1-3,6,12,21H,4-5,7-9H2/t12-/m0/s1. The third-order valence-corrected chi connectivity index (χ3v) is 3.47. The van der Waals surface area contributed by atoms with Crippen LogP contribution < -0.4 is 0 Å². The monoisotopic (exact) mass is 320 g/mol. The highest BCUT2D eigenvalue weighted by Gasteiger charge is 2.40. The summed E-state index contributed by atoms with van der Waals surface area (Å²) in [5, 5.41) is 9.02. The van der Waals surface area contributed by atoms with E-state index in [0.29, 0.717) is 5.56 Å². The first-order valence-corrected chi connectivity index (χ1v) is 6.75. The molecule has 4 nitrogen and oxygen atoms in total. The van der Waals surface area contributed by atoms with Gasteiger partial charge in [0.05, 0.1) is 6.54 Å². The average Bonchev–Trinajstić information content (AvgIpc) is 2.41. The molecule has 0 spiro atoms. The smallest absolute Gasteiger partial charge is 0.382 e. The third-order valence-electron chi connectivity index (χ3n) is 3.47. The van der Waals surface area contributed by atoms with E-state index in [-0.39, 0.29) is 32.1 Å². The molecule has 1 aromatic rings. The Hall–Kier alpha value is -1.67. The molecule has 1 aromatic carbocycles. The summed E-state index contributed by atoms with van der Waals surface area (Å²) >= 11 is 0. The van der Waals surface area contributed by atoms with E-state index in [0.717, 1.165) is 0 Å². The summed E-state index contributed by atoms with van der Waals surface area (Å²) in [4.78, 5) is 14.7. The van der Waals surface area contributed by atoms with Crippen molar-refractivity contribution in [2.24, 2.45) is 0 Å². The maximum Gasteiger partial charge on any atom is 0.415 e. The number of amides is 1. The number of piperazine rings is 1. The zero-order valence-electron chi connectivity index (χ0n) is 11.7. The van der Waals surface area contributed by atoms with Gasteiger partial charge in [0.25, 0.3) is 0 Å². The molecule has 1 fully saturated rings. The number of aliphatic hydroxyl groups excluding tert-OH is 1. The molecule has 22 heavy (non-hydrogen) atoms. The molecule has 1 amide bonds. The van der Waals surface area contributed by atoms with Crippen LogP contribution in [0.2, 0.25) is 0 Å². The number of hydrogen-bond donors (Lipinski definition) is 1. The number of carbonyl (C=O) groups excluding carboxylic acids is 1. The largest absolute Gasteiger partial charge is 0.415 e. The van der Waals surface area contributed by atoms with Crippen LogP contribution in [0.3, 0.4) is 0 Å². The van der Waals surface area contributed by atoms with Crippen molar-refractivity contribution >= 4 is 5.91 Å². The Morgan fingerprint density at radius 3 is 2.59 bits per heavy atom. The molecule has 1 atom stereocenters. The Kier molecular flexibility index (Phi) is 5.02. The number of rotatable bonds is 4. The topological polar surface area (TPSA) is 43.8 Å². The van der Waals surface area contributed by atoms with E-state index < -0.39 is 24.6 Å². The van der Waals surface area contributed by atoms with Gasteiger partial charge in [-0.05, 0) is 17.7 Å². The number of benzene rings is 1. The molecular weight excluding hydrogens is 304 g/mol. The highest BCUT2D eigenvalue weighted by Crippen LogP contribution is 2.21. The number of alkyl halides is 3. The Labute approximate surface area is 124 Å². The zero-order chi connectivity index (χ0) is 16.3. The number of β-amino-alcohol motifs (C(OH)–C–C–N with tert-alkyl or cyclic N) is 1. The molecule has 0 saturated carbocycles. The van der Waals surface area contributed by atoms with E-state index in [4.69, 9.17) is 5.11 Å². The summed E-state index contributed by atoms with van der Waals surface area (Å²) in [7, 11) is 0. The predicted octanol–water partition coefficient (Wildman–Crippen LogP) is 1.39. The number of hydrogen-bond acceptors (Lipinski definition) is 3. The highest BCUT2D eigenvalue weighted by atomic mass is 19.4. The molecule has 0 radical (unpaired) electrons. The molecule has 0 bridgehead atoms. The van der Waals surface area contributed by atoms with Crippen molar-refractivity contribution in [1.29, 1.82) is 0 Å². The molecule has 0 unspecified atom stereocenters. The number of aliphatic hydroxyl groups is 1. The molecule has 122 valence electrons. The van der Waals surface area contributed by atoms with Crippen molar-refractivity contribution in [2.75, 3.05) is 26.2 Å². The van der Waals surface area contributed by atoms with Crippen LogP contribution >= 0.6 is 0 Å². The van der Waals surface area contributed by atoms with Crippen LogP contribution in [0.25, 0.3) is 0 Å². The van der Waals surface area contributed by atoms with Gasteiger partial charge in [-0.2, -0.15) is 13.2 Å². The molecular formula is C14H16F4N2O2. The van der Waals surface area contributed by atoms with E-state index in [1.54, 1.807) is 6.07 Å². The molecule has 1 saturated heterocycles. The van der Waals surface area contributed by atoms with Gasteiger partial charge in [-0.15, -0.1) is 0 Å². The Bertz CT molecular complexity index is 536. The fourth-order valence-corrected chi connectivity index (χ4v) is 2.28. The number of halogens is 4. The van der Waals surface area contributed by atoms with Crippen molar-refractivity contribution < 1.29 is 27.5 Å². The lowest BCUT2D eigenvalue weighted by atomic mass is 10.2. The van der Waals surface area contributed by atoms with Crippen molar-refractivity contribution in [3.8, 4) is 0 Å². The van der Waals surface area contributed by atoms with Gasteiger partial charge in [0.1, 0.15) is 5.82 Å². The van der Waals surface area contributed by atoms with Crippen LogP contribution in [0.15, 0.2) is 24.3 Å². The Morgan fingerprint density at radius 1 is 1.27 bits per heavy atom. The minimum absolute atomic E-state index is 0.192. The first-order valence-electron chi connectivity index (χ1n) is 6.75. The second kappa shape index (κ2) is 6.62. The van der Waals surface area contributed by atoms with Crippen LogP contribution in [0.5, 0.6) is 0 Å². The number of nitrogens with zero attached hydrogens (tertiary/aromatic N) is 2. The van der Waals surface area contributed by atoms with E-state index in [2.05, 4.69) is 0 Å². The minimum atomic E-state index is -4.69. The summed E-state index contributed by atoms with van der Waals surface area (Å²) in [6, 6.07) is 5.82. The lowest BCUT2D eigenvalue weighted by Gasteiger charge is -2.35. The predicted molar refractivity (Wildman–Crippen MR) is 70.3 cm³/mol. The quantitative estimate of drug-likeness (QED) is 0.853.